The molecule has 2 N–H and O–H groups in total. The normalized spacial score (nSPS) is 10.4. The lowest BCUT2D eigenvalue weighted by molar-refractivity contribution is 0.425. The van der Waals surface area contributed by atoms with Gasteiger partial charge >= 0.3 is 0 Å². The summed E-state index contributed by atoms with van der Waals surface area (Å²) in [6.45, 7) is 1.75. The fraction of sp³-hybridized carbons (Fsp3) is 0.111. The summed E-state index contributed by atoms with van der Waals surface area (Å²) < 4.78 is 4.98. The fourth-order valence-corrected chi connectivity index (χ4v) is 1.38. The van der Waals surface area contributed by atoms with Gasteiger partial charge in [0.15, 0.2) is 5.82 Å². The molecule has 2 aromatic rings. The quantitative estimate of drug-likeness (QED) is 0.732. The summed E-state index contributed by atoms with van der Waals surface area (Å²) in [5.74, 6) is 0.986. The number of anilines is 1. The van der Waals surface area contributed by atoms with E-state index in [0.717, 1.165) is 0 Å². The molecule has 5 heteroatoms. The summed E-state index contributed by atoms with van der Waals surface area (Å²) in [6, 6.07) is 5.14. The molecule has 72 valence electrons. The molecule has 0 atom stereocenters. The van der Waals surface area contributed by atoms with Crippen molar-refractivity contribution in [3.8, 4) is 11.5 Å². The Hall–Kier alpha value is -1.55. The molecule has 0 saturated carbocycles. The largest absolute Gasteiger partial charge is 0.399 e. The van der Waals surface area contributed by atoms with E-state index in [4.69, 9.17) is 21.9 Å². The summed E-state index contributed by atoms with van der Waals surface area (Å²) in [5, 5.41) is 4.19. The van der Waals surface area contributed by atoms with Crippen LogP contribution in [0.3, 0.4) is 0 Å². The highest BCUT2D eigenvalue weighted by atomic mass is 35.5. The first-order chi connectivity index (χ1) is 6.66. The molecule has 0 bridgehead atoms. The van der Waals surface area contributed by atoms with E-state index in [-0.39, 0.29) is 0 Å². The zero-order valence-corrected chi connectivity index (χ0v) is 8.25. The zero-order valence-electron chi connectivity index (χ0n) is 7.49. The molecule has 0 aliphatic carbocycles. The van der Waals surface area contributed by atoms with Crippen molar-refractivity contribution in [3.63, 3.8) is 0 Å². The predicted octanol–water partition coefficient (Wildman–Crippen LogP) is 2.28. The van der Waals surface area contributed by atoms with Gasteiger partial charge in [0.2, 0.25) is 0 Å². The number of hydrogen-bond acceptors (Lipinski definition) is 4. The lowest BCUT2D eigenvalue weighted by Crippen LogP contribution is -1.86. The lowest BCUT2D eigenvalue weighted by atomic mass is 10.2. The Bertz CT molecular complexity index is 467. The molecule has 0 saturated heterocycles. The standard InChI is InChI=1S/C9H8ClN3O/c1-5-12-9(14-13-5)7-3-2-6(11)4-8(7)10/h2-4H,11H2,1H3. The Morgan fingerprint density at radius 2 is 2.21 bits per heavy atom. The van der Waals surface area contributed by atoms with Crippen molar-refractivity contribution in [2.24, 2.45) is 0 Å². The summed E-state index contributed by atoms with van der Waals surface area (Å²) in [4.78, 5) is 4.07. The Morgan fingerprint density at radius 3 is 2.79 bits per heavy atom. The van der Waals surface area contributed by atoms with Gasteiger partial charge in [-0.25, -0.2) is 0 Å². The van der Waals surface area contributed by atoms with Crippen LogP contribution in [0.25, 0.3) is 11.5 Å². The first-order valence-corrected chi connectivity index (χ1v) is 4.40. The maximum absolute atomic E-state index is 5.97. The van der Waals surface area contributed by atoms with E-state index in [2.05, 4.69) is 10.1 Å². The summed E-state index contributed by atoms with van der Waals surface area (Å²) in [6.07, 6.45) is 0. The van der Waals surface area contributed by atoms with Crippen molar-refractivity contribution < 1.29 is 4.52 Å². The third kappa shape index (κ3) is 1.56. The van der Waals surface area contributed by atoms with Crippen molar-refractivity contribution in [2.45, 2.75) is 6.92 Å². The van der Waals surface area contributed by atoms with Crippen LogP contribution in [-0.4, -0.2) is 10.1 Å². The second kappa shape index (κ2) is 3.31. The first kappa shape index (κ1) is 9.02. The Balaban J connectivity index is 2.52. The van der Waals surface area contributed by atoms with Crippen LogP contribution in [0.15, 0.2) is 22.7 Å². The smallest absolute Gasteiger partial charge is 0.259 e. The van der Waals surface area contributed by atoms with E-state index in [0.29, 0.717) is 28.0 Å². The highest BCUT2D eigenvalue weighted by molar-refractivity contribution is 6.33. The Morgan fingerprint density at radius 1 is 1.43 bits per heavy atom. The number of aromatic nitrogens is 2. The first-order valence-electron chi connectivity index (χ1n) is 4.02. The Labute approximate surface area is 85.7 Å². The fourth-order valence-electron chi connectivity index (χ4n) is 1.11. The highest BCUT2D eigenvalue weighted by Gasteiger charge is 2.10. The second-order valence-corrected chi connectivity index (χ2v) is 3.29. The van der Waals surface area contributed by atoms with Crippen LogP contribution < -0.4 is 5.73 Å². The van der Waals surface area contributed by atoms with Gasteiger partial charge in [0.1, 0.15) is 0 Å². The molecular formula is C9H8ClN3O. The van der Waals surface area contributed by atoms with Crippen molar-refractivity contribution in [1.82, 2.24) is 10.1 Å². The summed E-state index contributed by atoms with van der Waals surface area (Å²) in [5.41, 5.74) is 6.86. The van der Waals surface area contributed by atoms with Gasteiger partial charge in [0, 0.05) is 5.69 Å². The summed E-state index contributed by atoms with van der Waals surface area (Å²) in [7, 11) is 0. The number of benzene rings is 1. The van der Waals surface area contributed by atoms with Gasteiger partial charge in [0.05, 0.1) is 10.6 Å². The molecule has 1 aromatic heterocycles. The van der Waals surface area contributed by atoms with Gasteiger partial charge in [-0.05, 0) is 25.1 Å². The number of hydrogen-bond donors (Lipinski definition) is 1. The molecule has 0 spiro atoms. The van der Waals surface area contributed by atoms with Crippen LogP contribution in [0.4, 0.5) is 5.69 Å². The van der Waals surface area contributed by atoms with Gasteiger partial charge in [-0.15, -0.1) is 0 Å². The minimum atomic E-state index is 0.410. The molecular weight excluding hydrogens is 202 g/mol. The minimum absolute atomic E-state index is 0.410. The number of rotatable bonds is 1. The van der Waals surface area contributed by atoms with Gasteiger partial charge < -0.3 is 10.3 Å². The van der Waals surface area contributed by atoms with E-state index < -0.39 is 0 Å². The van der Waals surface area contributed by atoms with Crippen LogP contribution in [-0.2, 0) is 0 Å². The average Bonchev–Trinajstić information content (AvgIpc) is 2.51. The van der Waals surface area contributed by atoms with Gasteiger partial charge in [0.25, 0.3) is 5.89 Å². The van der Waals surface area contributed by atoms with Gasteiger partial charge in [-0.2, -0.15) is 4.98 Å². The zero-order chi connectivity index (χ0) is 10.1. The van der Waals surface area contributed by atoms with Crippen LogP contribution in [0.1, 0.15) is 5.82 Å². The number of nitrogen functional groups attached to an aromatic ring is 1. The van der Waals surface area contributed by atoms with Crippen molar-refractivity contribution in [3.05, 3.63) is 29.0 Å². The monoisotopic (exact) mass is 209 g/mol. The highest BCUT2D eigenvalue weighted by Crippen LogP contribution is 2.27. The van der Waals surface area contributed by atoms with Crippen molar-refractivity contribution in [1.29, 1.82) is 0 Å². The van der Waals surface area contributed by atoms with Gasteiger partial charge in [-0.1, -0.05) is 16.8 Å². The maximum atomic E-state index is 5.97. The van der Waals surface area contributed by atoms with Crippen molar-refractivity contribution in [2.75, 3.05) is 5.73 Å². The molecule has 2 rings (SSSR count). The van der Waals surface area contributed by atoms with E-state index in [1.165, 1.54) is 0 Å². The van der Waals surface area contributed by atoms with Crippen LogP contribution >= 0.6 is 11.6 Å². The minimum Gasteiger partial charge on any atom is -0.399 e. The molecule has 14 heavy (non-hydrogen) atoms. The van der Waals surface area contributed by atoms with E-state index in [1.54, 1.807) is 25.1 Å². The summed E-state index contributed by atoms with van der Waals surface area (Å²) >= 11 is 5.97. The maximum Gasteiger partial charge on any atom is 0.259 e. The number of nitrogens with two attached hydrogens (primary N) is 1. The predicted molar refractivity (Wildman–Crippen MR) is 53.9 cm³/mol. The topological polar surface area (TPSA) is 64.9 Å². The van der Waals surface area contributed by atoms with Crippen molar-refractivity contribution >= 4 is 17.3 Å². The molecule has 0 amide bonds. The molecule has 1 heterocycles. The van der Waals surface area contributed by atoms with Crippen LogP contribution in [0, 0.1) is 6.92 Å². The van der Waals surface area contributed by atoms with Crippen LogP contribution in [0.2, 0.25) is 5.02 Å². The number of nitrogens with zero attached hydrogens (tertiary/aromatic N) is 2. The molecule has 4 nitrogen and oxygen atoms in total. The molecule has 0 fully saturated rings. The molecule has 0 unspecified atom stereocenters. The molecule has 1 aromatic carbocycles. The Kier molecular flexibility index (Phi) is 2.13. The lowest BCUT2D eigenvalue weighted by Gasteiger charge is -1.99. The third-order valence-electron chi connectivity index (χ3n) is 1.75. The number of halogens is 1. The second-order valence-electron chi connectivity index (χ2n) is 2.89. The SMILES string of the molecule is Cc1noc(-c2ccc(N)cc2Cl)n1. The molecule has 0 aliphatic rings. The van der Waals surface area contributed by atoms with Crippen LogP contribution in [0.5, 0.6) is 0 Å². The van der Waals surface area contributed by atoms with E-state index >= 15 is 0 Å². The third-order valence-corrected chi connectivity index (χ3v) is 2.06. The number of aryl methyl sites for hydroxylation is 1. The average molecular weight is 210 g/mol. The molecule has 0 radical (unpaired) electrons. The van der Waals surface area contributed by atoms with E-state index in [9.17, 15) is 0 Å². The van der Waals surface area contributed by atoms with Gasteiger partial charge in [-0.3, -0.25) is 0 Å². The molecule has 0 aliphatic heterocycles. The van der Waals surface area contributed by atoms with E-state index in [1.807, 2.05) is 0 Å².